The summed E-state index contributed by atoms with van der Waals surface area (Å²) >= 11 is 3.54. The first-order chi connectivity index (χ1) is 10.1. The second kappa shape index (κ2) is 5.50. The maximum absolute atomic E-state index is 9.30. The van der Waals surface area contributed by atoms with Crippen molar-refractivity contribution in [2.24, 2.45) is 0 Å². The summed E-state index contributed by atoms with van der Waals surface area (Å²) in [5.41, 5.74) is 4.96. The van der Waals surface area contributed by atoms with E-state index in [2.05, 4.69) is 27.0 Å². The van der Waals surface area contributed by atoms with Crippen molar-refractivity contribution in [1.29, 1.82) is 5.26 Å². The molecule has 4 heteroatoms. The number of rotatable bonds is 2. The molecule has 0 unspecified atom stereocenters. The molecule has 21 heavy (non-hydrogen) atoms. The maximum atomic E-state index is 9.30. The van der Waals surface area contributed by atoms with Gasteiger partial charge in [0.05, 0.1) is 0 Å². The highest BCUT2D eigenvalue weighted by atomic mass is 79.9. The number of fused-ring (bicyclic) bond motifs is 1. The minimum absolute atomic E-state index is 0.416. The fraction of sp³-hybridized carbons (Fsp3) is 0.294. The third-order valence-electron chi connectivity index (χ3n) is 3.76. The van der Waals surface area contributed by atoms with Crippen molar-refractivity contribution in [1.82, 2.24) is 4.98 Å². The molecule has 0 saturated heterocycles. The average Bonchev–Trinajstić information content (AvgIpc) is 2.91. The second-order valence-corrected chi connectivity index (χ2v) is 6.18. The Bertz CT molecular complexity index is 739. The van der Waals surface area contributed by atoms with E-state index in [0.29, 0.717) is 11.4 Å². The molecule has 0 aliphatic heterocycles. The zero-order chi connectivity index (χ0) is 15.0. The van der Waals surface area contributed by atoms with Gasteiger partial charge in [-0.25, -0.2) is 4.98 Å². The van der Waals surface area contributed by atoms with Crippen LogP contribution in [0.2, 0.25) is 0 Å². The first-order valence-corrected chi connectivity index (χ1v) is 7.75. The number of ether oxygens (including phenoxy) is 1. The van der Waals surface area contributed by atoms with Crippen LogP contribution in [0.1, 0.15) is 34.4 Å². The number of nitrogens with zero attached hydrogens (tertiary/aromatic N) is 2. The molecule has 0 spiro atoms. The van der Waals surface area contributed by atoms with Crippen molar-refractivity contribution in [3.8, 4) is 17.7 Å². The summed E-state index contributed by atoms with van der Waals surface area (Å²) < 4.78 is 6.97. The quantitative estimate of drug-likeness (QED) is 0.800. The van der Waals surface area contributed by atoms with Crippen LogP contribution in [0.15, 0.2) is 22.7 Å². The predicted molar refractivity (Wildman–Crippen MR) is 84.7 cm³/mol. The third kappa shape index (κ3) is 2.66. The summed E-state index contributed by atoms with van der Waals surface area (Å²) in [6, 6.07) is 8.01. The van der Waals surface area contributed by atoms with Gasteiger partial charge in [-0.15, -0.1) is 0 Å². The Morgan fingerprint density at radius 2 is 1.90 bits per heavy atom. The molecule has 0 amide bonds. The molecular formula is C17H15BrN2O. The minimum atomic E-state index is 0.416. The number of aryl methyl sites for hydroxylation is 4. The highest BCUT2D eigenvalue weighted by Gasteiger charge is 2.18. The summed E-state index contributed by atoms with van der Waals surface area (Å²) in [6.07, 6.45) is 3.08. The van der Waals surface area contributed by atoms with Crippen LogP contribution in [0, 0.1) is 25.2 Å². The number of hydrogen-bond donors (Lipinski definition) is 0. The minimum Gasteiger partial charge on any atom is -0.438 e. The van der Waals surface area contributed by atoms with Crippen molar-refractivity contribution in [3.63, 3.8) is 0 Å². The lowest BCUT2D eigenvalue weighted by Crippen LogP contribution is -1.98. The van der Waals surface area contributed by atoms with E-state index < -0.39 is 0 Å². The maximum Gasteiger partial charge on any atom is 0.237 e. The number of pyridine rings is 1. The van der Waals surface area contributed by atoms with Crippen molar-refractivity contribution in [2.75, 3.05) is 0 Å². The van der Waals surface area contributed by atoms with Gasteiger partial charge in [0.2, 0.25) is 5.88 Å². The van der Waals surface area contributed by atoms with Gasteiger partial charge in [0, 0.05) is 10.2 Å². The molecule has 1 aromatic carbocycles. The van der Waals surface area contributed by atoms with E-state index in [9.17, 15) is 5.26 Å². The molecule has 0 N–H and O–H groups in total. The van der Waals surface area contributed by atoms with Crippen LogP contribution < -0.4 is 4.74 Å². The van der Waals surface area contributed by atoms with E-state index in [1.54, 1.807) is 0 Å². The molecule has 1 aliphatic carbocycles. The molecule has 1 aromatic heterocycles. The molecule has 106 valence electrons. The van der Waals surface area contributed by atoms with Gasteiger partial charge in [-0.3, -0.25) is 0 Å². The Hall–Kier alpha value is -1.86. The summed E-state index contributed by atoms with van der Waals surface area (Å²) in [4.78, 5) is 4.54. The van der Waals surface area contributed by atoms with Crippen molar-refractivity contribution < 1.29 is 4.74 Å². The summed E-state index contributed by atoms with van der Waals surface area (Å²) in [5.74, 6) is 1.13. The molecule has 1 heterocycles. The van der Waals surface area contributed by atoms with Gasteiger partial charge in [-0.2, -0.15) is 5.26 Å². The van der Waals surface area contributed by atoms with E-state index >= 15 is 0 Å². The Balaban J connectivity index is 2.00. The molecule has 3 rings (SSSR count). The molecule has 0 radical (unpaired) electrons. The lowest BCUT2D eigenvalue weighted by Gasteiger charge is -2.11. The largest absolute Gasteiger partial charge is 0.438 e. The molecule has 1 aliphatic rings. The molecule has 0 atom stereocenters. The molecule has 0 fully saturated rings. The number of nitriles is 1. The van der Waals surface area contributed by atoms with Crippen molar-refractivity contribution in [3.05, 3.63) is 50.6 Å². The van der Waals surface area contributed by atoms with Gasteiger partial charge in [0.1, 0.15) is 17.4 Å². The molecule has 0 bridgehead atoms. The van der Waals surface area contributed by atoms with Gasteiger partial charge < -0.3 is 4.74 Å². The van der Waals surface area contributed by atoms with E-state index in [1.807, 2.05) is 32.0 Å². The van der Waals surface area contributed by atoms with E-state index in [0.717, 1.165) is 46.3 Å². The highest BCUT2D eigenvalue weighted by Crippen LogP contribution is 2.32. The molecule has 3 nitrogen and oxygen atoms in total. The Labute approximate surface area is 132 Å². The Kier molecular flexibility index (Phi) is 3.69. The normalized spacial score (nSPS) is 12.9. The highest BCUT2D eigenvalue weighted by molar-refractivity contribution is 9.10. The molecule has 0 saturated carbocycles. The van der Waals surface area contributed by atoms with Crippen molar-refractivity contribution >= 4 is 15.9 Å². The fourth-order valence-corrected chi connectivity index (χ4v) is 2.92. The first-order valence-electron chi connectivity index (χ1n) is 6.96. The first kappa shape index (κ1) is 14.1. The number of hydrogen-bond acceptors (Lipinski definition) is 3. The Morgan fingerprint density at radius 1 is 1.19 bits per heavy atom. The number of halogens is 1. The second-order valence-electron chi connectivity index (χ2n) is 5.39. The fourth-order valence-electron chi connectivity index (χ4n) is 2.69. The SMILES string of the molecule is Cc1cc(Oc2nc3c(cc2C#N)CCC3)cc(C)c1Br. The average molecular weight is 343 g/mol. The van der Waals surface area contributed by atoms with E-state index in [1.165, 1.54) is 5.56 Å². The summed E-state index contributed by atoms with van der Waals surface area (Å²) in [5, 5.41) is 9.30. The van der Waals surface area contributed by atoms with Crippen LogP contribution >= 0.6 is 15.9 Å². The monoisotopic (exact) mass is 342 g/mol. The van der Waals surface area contributed by atoms with Crippen LogP contribution in [0.25, 0.3) is 0 Å². The third-order valence-corrected chi connectivity index (χ3v) is 5.01. The smallest absolute Gasteiger partial charge is 0.237 e. The van der Waals surface area contributed by atoms with E-state index in [-0.39, 0.29) is 0 Å². The zero-order valence-corrected chi connectivity index (χ0v) is 13.6. The van der Waals surface area contributed by atoms with Crippen LogP contribution in [0.5, 0.6) is 11.6 Å². The lowest BCUT2D eigenvalue weighted by molar-refractivity contribution is 0.458. The van der Waals surface area contributed by atoms with Gasteiger partial charge >= 0.3 is 0 Å². The van der Waals surface area contributed by atoms with Gasteiger partial charge in [0.15, 0.2) is 0 Å². The van der Waals surface area contributed by atoms with Crippen LogP contribution in [-0.4, -0.2) is 4.98 Å². The van der Waals surface area contributed by atoms with Gasteiger partial charge in [-0.05, 0) is 68.0 Å². The number of benzene rings is 1. The van der Waals surface area contributed by atoms with Crippen molar-refractivity contribution in [2.45, 2.75) is 33.1 Å². The molecule has 2 aromatic rings. The summed E-state index contributed by atoms with van der Waals surface area (Å²) in [7, 11) is 0. The lowest BCUT2D eigenvalue weighted by atomic mass is 10.1. The topological polar surface area (TPSA) is 45.9 Å². The van der Waals surface area contributed by atoms with Gasteiger partial charge in [-0.1, -0.05) is 15.9 Å². The van der Waals surface area contributed by atoms with Crippen LogP contribution in [0.4, 0.5) is 0 Å². The standard InChI is InChI=1S/C17H15BrN2O/c1-10-6-14(7-11(2)16(10)18)21-17-13(9-19)8-12-4-3-5-15(12)20-17/h6-8H,3-5H2,1-2H3. The van der Waals surface area contributed by atoms with Gasteiger partial charge in [0.25, 0.3) is 0 Å². The summed E-state index contributed by atoms with van der Waals surface area (Å²) in [6.45, 7) is 4.04. The number of aromatic nitrogens is 1. The van der Waals surface area contributed by atoms with Crippen LogP contribution in [-0.2, 0) is 12.8 Å². The zero-order valence-electron chi connectivity index (χ0n) is 12.0. The molecular weight excluding hydrogens is 328 g/mol. The van der Waals surface area contributed by atoms with Crippen LogP contribution in [0.3, 0.4) is 0 Å². The Morgan fingerprint density at radius 3 is 2.57 bits per heavy atom. The van der Waals surface area contributed by atoms with E-state index in [4.69, 9.17) is 4.74 Å². The predicted octanol–water partition coefficient (Wildman–Crippen LogP) is 4.61.